The van der Waals surface area contributed by atoms with Crippen molar-refractivity contribution in [1.82, 2.24) is 15.7 Å². The first-order valence-electron chi connectivity index (χ1n) is 8.83. The molecule has 0 aromatic heterocycles. The van der Waals surface area contributed by atoms with Gasteiger partial charge in [0.15, 0.2) is 6.17 Å². The minimum Gasteiger partial charge on any atom is -0.350 e. The number of likely N-dealkylation sites (tertiary alicyclic amines) is 1. The van der Waals surface area contributed by atoms with Gasteiger partial charge in [0.05, 0.1) is 5.92 Å². The highest BCUT2D eigenvalue weighted by Crippen LogP contribution is 2.26. The molecule has 3 N–H and O–H groups in total. The largest absolute Gasteiger partial charge is 0.350 e. The van der Waals surface area contributed by atoms with Gasteiger partial charge in [-0.15, -0.1) is 0 Å². The minimum absolute atomic E-state index is 0.189. The predicted octanol–water partition coefficient (Wildman–Crippen LogP) is 1.54. The standard InChI is InChI=1S/C17H30FN3O4/c1-5-6-8-11(13(18)15(23)20-25)16(24)21-10-7-9-12(21)14(22)19-17(2,3)4/h11-13,25H,5-10H2,1-4H3,(H,19,22)(H,20,23)/t11?,12-,13?/m0/s1. The van der Waals surface area contributed by atoms with Gasteiger partial charge in [-0.3, -0.25) is 19.6 Å². The van der Waals surface area contributed by atoms with Crippen molar-refractivity contribution in [3.05, 3.63) is 0 Å². The van der Waals surface area contributed by atoms with Crippen molar-refractivity contribution in [2.75, 3.05) is 6.54 Å². The van der Waals surface area contributed by atoms with Gasteiger partial charge in [0.1, 0.15) is 6.04 Å². The van der Waals surface area contributed by atoms with Crippen LogP contribution in [0.4, 0.5) is 4.39 Å². The summed E-state index contributed by atoms with van der Waals surface area (Å²) >= 11 is 0. The van der Waals surface area contributed by atoms with E-state index in [0.29, 0.717) is 25.8 Å². The molecule has 0 bridgehead atoms. The number of hydroxylamine groups is 1. The van der Waals surface area contributed by atoms with Crippen LogP contribution in [0.3, 0.4) is 0 Å². The highest BCUT2D eigenvalue weighted by molar-refractivity contribution is 5.92. The second-order valence-electron chi connectivity index (χ2n) is 7.56. The number of amides is 3. The second kappa shape index (κ2) is 9.12. The number of unbranched alkanes of at least 4 members (excludes halogenated alkanes) is 1. The molecule has 1 aliphatic heterocycles. The van der Waals surface area contributed by atoms with Gasteiger partial charge in [-0.1, -0.05) is 19.8 Å². The Morgan fingerprint density at radius 1 is 1.32 bits per heavy atom. The minimum atomic E-state index is -2.14. The third-order valence-corrected chi connectivity index (χ3v) is 4.24. The van der Waals surface area contributed by atoms with E-state index in [1.807, 2.05) is 27.7 Å². The molecule has 2 unspecified atom stereocenters. The lowest BCUT2D eigenvalue weighted by atomic mass is 9.94. The average molecular weight is 359 g/mol. The van der Waals surface area contributed by atoms with Gasteiger partial charge in [-0.2, -0.15) is 0 Å². The van der Waals surface area contributed by atoms with Gasteiger partial charge in [-0.25, -0.2) is 9.87 Å². The van der Waals surface area contributed by atoms with Crippen LogP contribution in [0.15, 0.2) is 0 Å². The molecule has 1 fully saturated rings. The highest BCUT2D eigenvalue weighted by Gasteiger charge is 2.42. The van der Waals surface area contributed by atoms with Crippen molar-refractivity contribution in [2.45, 2.75) is 77.6 Å². The Morgan fingerprint density at radius 3 is 2.48 bits per heavy atom. The van der Waals surface area contributed by atoms with Crippen LogP contribution in [0.1, 0.15) is 59.8 Å². The topological polar surface area (TPSA) is 98.7 Å². The third kappa shape index (κ3) is 5.95. The molecule has 3 atom stereocenters. The first-order valence-corrected chi connectivity index (χ1v) is 8.83. The van der Waals surface area contributed by atoms with Gasteiger partial charge in [0, 0.05) is 12.1 Å². The summed E-state index contributed by atoms with van der Waals surface area (Å²) in [6.07, 6.45) is 0.520. The first kappa shape index (κ1) is 21.3. The number of rotatable bonds is 7. The number of alkyl halides is 1. The monoisotopic (exact) mass is 359 g/mol. The van der Waals surface area contributed by atoms with E-state index in [1.165, 1.54) is 10.4 Å². The van der Waals surface area contributed by atoms with E-state index in [9.17, 15) is 18.8 Å². The summed E-state index contributed by atoms with van der Waals surface area (Å²) in [6.45, 7) is 7.80. The summed E-state index contributed by atoms with van der Waals surface area (Å²) in [4.78, 5) is 38.1. The molecule has 144 valence electrons. The zero-order valence-electron chi connectivity index (χ0n) is 15.5. The number of nitrogens with zero attached hydrogens (tertiary/aromatic N) is 1. The fourth-order valence-corrected chi connectivity index (χ4v) is 3.03. The van der Waals surface area contributed by atoms with Crippen LogP contribution in [0, 0.1) is 5.92 Å². The van der Waals surface area contributed by atoms with Gasteiger partial charge in [0.2, 0.25) is 11.8 Å². The summed E-state index contributed by atoms with van der Waals surface area (Å²) in [5.41, 5.74) is 0.833. The maximum atomic E-state index is 14.4. The first-order chi connectivity index (χ1) is 11.6. The van der Waals surface area contributed by atoms with Crippen LogP contribution in [-0.4, -0.2) is 52.1 Å². The van der Waals surface area contributed by atoms with Crippen molar-refractivity contribution in [2.24, 2.45) is 5.92 Å². The molecule has 8 heteroatoms. The van der Waals surface area contributed by atoms with E-state index in [2.05, 4.69) is 5.32 Å². The lowest BCUT2D eigenvalue weighted by Crippen LogP contribution is -2.53. The number of halogens is 1. The Morgan fingerprint density at radius 2 is 1.96 bits per heavy atom. The molecular weight excluding hydrogens is 329 g/mol. The normalized spacial score (nSPS) is 20.1. The molecule has 25 heavy (non-hydrogen) atoms. The SMILES string of the molecule is CCCCC(C(=O)N1CCC[C@H]1C(=O)NC(C)(C)C)C(F)C(=O)NO. The molecule has 1 aliphatic rings. The lowest BCUT2D eigenvalue weighted by Gasteiger charge is -2.31. The summed E-state index contributed by atoms with van der Waals surface area (Å²) < 4.78 is 14.4. The maximum Gasteiger partial charge on any atom is 0.278 e. The molecule has 0 aromatic rings. The summed E-state index contributed by atoms with van der Waals surface area (Å²) in [5, 5.41) is 11.5. The van der Waals surface area contributed by atoms with Gasteiger partial charge in [0.25, 0.3) is 5.91 Å². The zero-order chi connectivity index (χ0) is 19.2. The van der Waals surface area contributed by atoms with Crippen LogP contribution in [-0.2, 0) is 14.4 Å². The van der Waals surface area contributed by atoms with Crippen molar-refractivity contribution < 1.29 is 24.0 Å². The summed E-state index contributed by atoms with van der Waals surface area (Å²) in [7, 11) is 0. The maximum absolute atomic E-state index is 14.4. The molecular formula is C17H30FN3O4. The Kier molecular flexibility index (Phi) is 7.79. The van der Waals surface area contributed by atoms with Gasteiger partial charge in [-0.05, 0) is 40.0 Å². The van der Waals surface area contributed by atoms with Crippen LogP contribution < -0.4 is 10.8 Å². The van der Waals surface area contributed by atoms with Crippen molar-refractivity contribution >= 4 is 17.7 Å². The Balaban J connectivity index is 2.93. The quantitative estimate of drug-likeness (QED) is 0.474. The number of carbonyl (C=O) groups excluding carboxylic acids is 3. The second-order valence-corrected chi connectivity index (χ2v) is 7.56. The zero-order valence-corrected chi connectivity index (χ0v) is 15.5. The third-order valence-electron chi connectivity index (χ3n) is 4.24. The number of nitrogens with one attached hydrogen (secondary N) is 2. The summed E-state index contributed by atoms with van der Waals surface area (Å²) in [5.74, 6) is -3.25. The number of hydrogen-bond acceptors (Lipinski definition) is 4. The van der Waals surface area contributed by atoms with E-state index in [0.717, 1.165) is 6.42 Å². The van der Waals surface area contributed by atoms with Crippen LogP contribution >= 0.6 is 0 Å². The van der Waals surface area contributed by atoms with E-state index in [4.69, 9.17) is 5.21 Å². The predicted molar refractivity (Wildman–Crippen MR) is 90.5 cm³/mol. The molecule has 0 aliphatic carbocycles. The Bertz CT molecular complexity index is 493. The average Bonchev–Trinajstić information content (AvgIpc) is 3.02. The Hall–Kier alpha value is -1.70. The molecule has 1 rings (SSSR count). The van der Waals surface area contributed by atoms with Gasteiger partial charge >= 0.3 is 0 Å². The number of hydrogen-bond donors (Lipinski definition) is 3. The highest BCUT2D eigenvalue weighted by atomic mass is 19.1. The summed E-state index contributed by atoms with van der Waals surface area (Å²) in [6, 6.07) is -0.653. The van der Waals surface area contributed by atoms with Gasteiger partial charge < -0.3 is 10.2 Å². The van der Waals surface area contributed by atoms with Crippen molar-refractivity contribution in [3.63, 3.8) is 0 Å². The molecule has 0 radical (unpaired) electrons. The smallest absolute Gasteiger partial charge is 0.278 e. The Labute approximate surface area is 148 Å². The number of carbonyl (C=O) groups is 3. The van der Waals surface area contributed by atoms with Crippen LogP contribution in [0.25, 0.3) is 0 Å². The van der Waals surface area contributed by atoms with E-state index in [1.54, 1.807) is 0 Å². The fraction of sp³-hybridized carbons (Fsp3) is 0.824. The molecule has 3 amide bonds. The molecule has 1 saturated heterocycles. The molecule has 0 spiro atoms. The lowest BCUT2D eigenvalue weighted by molar-refractivity contribution is -0.149. The molecule has 7 nitrogen and oxygen atoms in total. The van der Waals surface area contributed by atoms with Crippen LogP contribution in [0.2, 0.25) is 0 Å². The van der Waals surface area contributed by atoms with E-state index in [-0.39, 0.29) is 12.3 Å². The van der Waals surface area contributed by atoms with E-state index >= 15 is 0 Å². The molecule has 1 heterocycles. The fourth-order valence-electron chi connectivity index (χ4n) is 3.03. The van der Waals surface area contributed by atoms with Crippen molar-refractivity contribution in [1.29, 1.82) is 0 Å². The van der Waals surface area contributed by atoms with Crippen LogP contribution in [0.5, 0.6) is 0 Å². The van der Waals surface area contributed by atoms with E-state index < -0.39 is 35.5 Å². The molecule has 0 saturated carbocycles. The van der Waals surface area contributed by atoms with Crippen molar-refractivity contribution in [3.8, 4) is 0 Å². The molecule has 0 aromatic carbocycles.